The number of pyridine rings is 1. The quantitative estimate of drug-likeness (QED) is 0.110. The van der Waals surface area contributed by atoms with E-state index in [1.165, 1.54) is 37.7 Å². The third-order valence-corrected chi connectivity index (χ3v) is 18.9. The van der Waals surface area contributed by atoms with Crippen LogP contribution in [0.25, 0.3) is 43.6 Å². The summed E-state index contributed by atoms with van der Waals surface area (Å²) < 4.78 is 5.07. The van der Waals surface area contributed by atoms with E-state index < -0.39 is 8.24 Å². The number of hydrogen-bond donors (Lipinski definition) is 0. The van der Waals surface area contributed by atoms with E-state index >= 15 is 0 Å². The van der Waals surface area contributed by atoms with Crippen LogP contribution in [0.4, 0.5) is 0 Å². The highest BCUT2D eigenvalue weighted by molar-refractivity contribution is 7.47. The van der Waals surface area contributed by atoms with Gasteiger partial charge in [-0.15, -0.1) is 0 Å². The molecule has 0 saturated carbocycles. The molecule has 0 amide bonds. The van der Waals surface area contributed by atoms with Crippen LogP contribution in [0.15, 0.2) is 138 Å². The third kappa shape index (κ3) is 3.31. The molecule has 2 aromatic heterocycles. The molecule has 0 bridgehead atoms. The Morgan fingerprint density at radius 3 is 2.13 bits per heavy atom. The average Bonchev–Trinajstić information content (AvgIpc) is 3.40. The summed E-state index contributed by atoms with van der Waals surface area (Å²) >= 11 is 0. The van der Waals surface area contributed by atoms with Crippen LogP contribution in [-0.4, -0.2) is 21.6 Å². The van der Waals surface area contributed by atoms with Gasteiger partial charge in [-0.1, -0.05) is 116 Å². The third-order valence-electron chi connectivity index (χ3n) is 10.5. The molecule has 2 aliphatic rings. The lowest BCUT2D eigenvalue weighted by Crippen LogP contribution is -2.79. The summed E-state index contributed by atoms with van der Waals surface area (Å²) in [6, 6.07) is 40.1. The van der Waals surface area contributed by atoms with E-state index in [9.17, 15) is 4.79 Å². The van der Waals surface area contributed by atoms with E-state index in [1.54, 1.807) is 0 Å². The highest BCUT2D eigenvalue weighted by atomic mass is 31.1. The zero-order valence-electron chi connectivity index (χ0n) is 25.6. The Balaban J connectivity index is 1.63. The van der Waals surface area contributed by atoms with Gasteiger partial charge in [0, 0.05) is 32.6 Å². The molecule has 3 heterocycles. The highest BCUT2D eigenvalue weighted by Gasteiger charge is 2.63. The Kier molecular flexibility index (Phi) is 5.67. The van der Waals surface area contributed by atoms with Gasteiger partial charge in [0.1, 0.15) is 0 Å². The van der Waals surface area contributed by atoms with Crippen LogP contribution in [0.2, 0.25) is 0 Å². The molecule has 5 heteroatoms. The topological polar surface area (TPSA) is 26.9 Å². The first-order chi connectivity index (χ1) is 22.0. The molecule has 5 aromatic carbocycles. The summed E-state index contributed by atoms with van der Waals surface area (Å²) in [6.45, 7) is 6.65. The van der Waals surface area contributed by atoms with Gasteiger partial charge in [0.15, 0.2) is 5.43 Å². The van der Waals surface area contributed by atoms with Crippen molar-refractivity contribution in [2.45, 2.75) is 25.6 Å². The Morgan fingerprint density at radius 2 is 1.42 bits per heavy atom. The summed E-state index contributed by atoms with van der Waals surface area (Å²) in [5.74, 6) is 0.247. The molecule has 0 saturated heterocycles. The number of aryl methyl sites for hydroxylation is 2. The first-order valence-corrected chi connectivity index (χ1v) is 18.6. The van der Waals surface area contributed by atoms with Gasteiger partial charge in [-0.2, -0.15) is 0 Å². The SMILES string of the molecule is Cc1ccc2c(=O)c3c(C)ccc4c3n(c2c1)PC1(C=CC=C[C@H]1C)[Si]4(c1ccccc1)n1c2ccccc2c2ccccc21. The molecule has 3 nitrogen and oxygen atoms in total. The number of rotatable bonds is 2. The van der Waals surface area contributed by atoms with E-state index in [-0.39, 0.29) is 16.1 Å². The van der Waals surface area contributed by atoms with Gasteiger partial charge in [-0.25, -0.2) is 0 Å². The minimum atomic E-state index is -3.09. The predicted octanol–water partition coefficient (Wildman–Crippen LogP) is 7.98. The van der Waals surface area contributed by atoms with Crippen molar-refractivity contribution < 1.29 is 0 Å². The molecule has 1 aliphatic heterocycles. The van der Waals surface area contributed by atoms with Crippen molar-refractivity contribution in [3.8, 4) is 0 Å². The number of para-hydroxylation sites is 2. The van der Waals surface area contributed by atoms with Crippen molar-refractivity contribution in [3.05, 3.63) is 155 Å². The molecule has 9 rings (SSSR count). The second kappa shape index (κ2) is 9.50. The highest BCUT2D eigenvalue weighted by Crippen LogP contribution is 2.55. The summed E-state index contributed by atoms with van der Waals surface area (Å²) in [7, 11) is -2.69. The average molecular weight is 617 g/mol. The van der Waals surface area contributed by atoms with Crippen molar-refractivity contribution in [3.63, 3.8) is 0 Å². The second-order valence-electron chi connectivity index (χ2n) is 12.8. The first kappa shape index (κ1) is 26.9. The fraction of sp³-hybridized carbons (Fsp3) is 0.125. The smallest absolute Gasteiger partial charge is 0.243 e. The van der Waals surface area contributed by atoms with Crippen molar-refractivity contribution in [1.29, 1.82) is 0 Å². The maximum atomic E-state index is 14.5. The summed E-state index contributed by atoms with van der Waals surface area (Å²) in [6.07, 6.45) is 9.48. The van der Waals surface area contributed by atoms with E-state index in [0.29, 0.717) is 8.73 Å². The van der Waals surface area contributed by atoms with Crippen molar-refractivity contribution in [1.82, 2.24) is 8.57 Å². The van der Waals surface area contributed by atoms with E-state index in [0.717, 1.165) is 27.4 Å². The van der Waals surface area contributed by atoms with Crippen LogP contribution in [0, 0.1) is 19.8 Å². The monoisotopic (exact) mass is 616 g/mol. The molecule has 4 atom stereocenters. The zero-order chi connectivity index (χ0) is 30.5. The minimum Gasteiger partial charge on any atom is -0.358 e. The van der Waals surface area contributed by atoms with E-state index in [2.05, 4.69) is 157 Å². The Hall–Kier alpha value is -4.50. The van der Waals surface area contributed by atoms with Gasteiger partial charge in [-0.05, 0) is 74.3 Å². The molecular formula is C40H33N2OPSi. The molecule has 0 radical (unpaired) electrons. The van der Waals surface area contributed by atoms with Gasteiger partial charge in [0.25, 0.3) is 0 Å². The van der Waals surface area contributed by atoms with Crippen molar-refractivity contribution >= 4 is 71.0 Å². The molecule has 218 valence electrons. The Bertz CT molecular complexity index is 2440. The van der Waals surface area contributed by atoms with Crippen molar-refractivity contribution in [2.75, 3.05) is 0 Å². The van der Waals surface area contributed by atoms with Crippen LogP contribution in [0.5, 0.6) is 0 Å². The summed E-state index contributed by atoms with van der Waals surface area (Å²) in [5.41, 5.74) is 7.04. The molecule has 0 N–H and O–H groups in total. The van der Waals surface area contributed by atoms with Crippen LogP contribution in [0.3, 0.4) is 0 Å². The number of aromatic nitrogens is 2. The molecule has 0 fully saturated rings. The standard InChI is InChI=1S/C40H33N2OPSi/c1-26-20-22-32-35(25-26)41-38-36(23-21-27(2)37(38)39(32)43)45(29-14-5-4-6-15-29,40(44-41)24-12-11-13-28(40)3)42-33-18-9-7-16-30(33)31-17-8-10-19-34(31)42/h4-25,28,44H,1-3H3/t28-,40?,45?/m1/s1. The number of nitrogens with zero attached hydrogens (tertiary/aromatic N) is 2. The molecule has 45 heavy (non-hydrogen) atoms. The largest absolute Gasteiger partial charge is 0.358 e. The summed E-state index contributed by atoms with van der Waals surface area (Å²) in [4.78, 5) is 14.5. The van der Waals surface area contributed by atoms with Gasteiger partial charge < -0.3 is 8.57 Å². The van der Waals surface area contributed by atoms with Crippen LogP contribution >= 0.6 is 8.73 Å². The van der Waals surface area contributed by atoms with Crippen LogP contribution < -0.4 is 15.8 Å². The maximum Gasteiger partial charge on any atom is 0.243 e. The Morgan fingerprint density at radius 1 is 0.733 bits per heavy atom. The lowest BCUT2D eigenvalue weighted by atomic mass is 10.0. The summed E-state index contributed by atoms with van der Waals surface area (Å²) in [5, 5.41) is 6.90. The number of allylic oxidation sites excluding steroid dienone is 4. The minimum absolute atomic E-state index is 0.140. The van der Waals surface area contributed by atoms with Gasteiger partial charge in [0.2, 0.25) is 8.24 Å². The lowest BCUT2D eigenvalue weighted by Gasteiger charge is -2.55. The Labute approximate surface area is 265 Å². The fourth-order valence-electron chi connectivity index (χ4n) is 8.50. The van der Waals surface area contributed by atoms with Gasteiger partial charge >= 0.3 is 0 Å². The van der Waals surface area contributed by atoms with Crippen molar-refractivity contribution in [2.24, 2.45) is 5.92 Å². The van der Waals surface area contributed by atoms with Gasteiger partial charge in [-0.3, -0.25) is 4.79 Å². The lowest BCUT2D eigenvalue weighted by molar-refractivity contribution is 0.667. The predicted molar refractivity (Wildman–Crippen MR) is 195 cm³/mol. The number of fused-ring (bicyclic) bond motifs is 5. The zero-order valence-corrected chi connectivity index (χ0v) is 27.6. The molecule has 3 unspecified atom stereocenters. The van der Waals surface area contributed by atoms with Crippen LogP contribution in [0.1, 0.15) is 18.1 Å². The van der Waals surface area contributed by atoms with E-state index in [4.69, 9.17) is 0 Å². The maximum absolute atomic E-state index is 14.5. The fourth-order valence-corrected chi connectivity index (χ4v) is 18.1. The van der Waals surface area contributed by atoms with E-state index in [1.807, 2.05) is 6.07 Å². The number of benzene rings is 5. The molecular weight excluding hydrogens is 584 g/mol. The first-order valence-electron chi connectivity index (χ1n) is 15.7. The van der Waals surface area contributed by atoms with Crippen LogP contribution in [-0.2, 0) is 0 Å². The van der Waals surface area contributed by atoms with Gasteiger partial charge in [0.05, 0.1) is 15.8 Å². The second-order valence-corrected chi connectivity index (χ2v) is 18.6. The molecule has 7 aromatic rings. The molecule has 1 aliphatic carbocycles. The normalized spacial score (nSPS) is 22.9. The molecule has 1 spiro atoms. The number of hydrogen-bond acceptors (Lipinski definition) is 1.